The molecule has 6 nitrogen and oxygen atoms in total. The third-order valence-corrected chi connectivity index (χ3v) is 5.28. The number of nitrogens with two attached hydrogens (primary N) is 1. The van der Waals surface area contributed by atoms with Crippen LogP contribution in [0, 0.1) is 12.7 Å². The normalized spacial score (nSPS) is 18.1. The van der Waals surface area contributed by atoms with Crippen LogP contribution in [0.1, 0.15) is 53.6 Å². The van der Waals surface area contributed by atoms with Crippen molar-refractivity contribution < 1.29 is 9.18 Å². The highest BCUT2D eigenvalue weighted by Gasteiger charge is 2.45. The molecule has 130 valence electrons. The quantitative estimate of drug-likeness (QED) is 0.780. The summed E-state index contributed by atoms with van der Waals surface area (Å²) < 4.78 is 14.7. The molecule has 7 heteroatoms. The predicted octanol–water partition coefficient (Wildman–Crippen LogP) is 3.15. The Hall–Kier alpha value is -2.70. The van der Waals surface area contributed by atoms with Crippen molar-refractivity contribution >= 4 is 23.2 Å². The van der Waals surface area contributed by atoms with Gasteiger partial charge in [0, 0.05) is 11.3 Å². The van der Waals surface area contributed by atoms with Crippen LogP contribution in [-0.2, 0) is 5.54 Å². The number of halogens is 1. The SMILES string of the molecule is Cc1c(N)ncnc1Nc1cc(F)c2c(c1)C1(CCCCC1)NC2=O. The minimum absolute atomic E-state index is 0.173. The lowest BCUT2D eigenvalue weighted by Gasteiger charge is -2.34. The number of anilines is 3. The minimum atomic E-state index is -0.514. The molecule has 1 aliphatic heterocycles. The first-order valence-electron chi connectivity index (χ1n) is 8.51. The maximum absolute atomic E-state index is 14.7. The average Bonchev–Trinajstić information content (AvgIpc) is 2.85. The van der Waals surface area contributed by atoms with Gasteiger partial charge < -0.3 is 16.4 Å². The number of aromatic nitrogens is 2. The Bertz CT molecular complexity index is 861. The van der Waals surface area contributed by atoms with Gasteiger partial charge in [0.15, 0.2) is 0 Å². The highest BCUT2D eigenvalue weighted by Crippen LogP contribution is 2.44. The molecule has 4 rings (SSSR count). The Morgan fingerprint density at radius 2 is 2.00 bits per heavy atom. The third-order valence-electron chi connectivity index (χ3n) is 5.28. The molecule has 1 aliphatic carbocycles. The number of nitrogens with one attached hydrogen (secondary N) is 2. The summed E-state index contributed by atoms with van der Waals surface area (Å²) in [6.45, 7) is 1.80. The summed E-state index contributed by atoms with van der Waals surface area (Å²) in [5, 5.41) is 6.14. The van der Waals surface area contributed by atoms with Gasteiger partial charge in [-0.1, -0.05) is 19.3 Å². The van der Waals surface area contributed by atoms with Gasteiger partial charge in [-0.25, -0.2) is 14.4 Å². The lowest BCUT2D eigenvalue weighted by atomic mass is 9.77. The molecule has 0 saturated heterocycles. The Morgan fingerprint density at radius 1 is 1.24 bits per heavy atom. The number of hydrogen-bond donors (Lipinski definition) is 3. The van der Waals surface area contributed by atoms with E-state index in [1.54, 1.807) is 6.92 Å². The largest absolute Gasteiger partial charge is 0.383 e. The fraction of sp³-hybridized carbons (Fsp3) is 0.389. The van der Waals surface area contributed by atoms with E-state index in [1.165, 1.54) is 12.4 Å². The molecular formula is C18H20FN5O. The van der Waals surface area contributed by atoms with Crippen LogP contribution in [-0.4, -0.2) is 15.9 Å². The molecule has 2 aliphatic rings. The molecule has 1 aromatic heterocycles. The van der Waals surface area contributed by atoms with Crippen LogP contribution in [0.5, 0.6) is 0 Å². The molecule has 0 radical (unpaired) electrons. The van der Waals surface area contributed by atoms with Crippen molar-refractivity contribution in [3.8, 4) is 0 Å². The number of nitrogens with zero attached hydrogens (tertiary/aromatic N) is 2. The topological polar surface area (TPSA) is 92.9 Å². The van der Waals surface area contributed by atoms with Gasteiger partial charge in [-0.05, 0) is 37.5 Å². The molecule has 1 amide bonds. The minimum Gasteiger partial charge on any atom is -0.383 e. The van der Waals surface area contributed by atoms with E-state index in [-0.39, 0.29) is 11.5 Å². The second kappa shape index (κ2) is 5.68. The van der Waals surface area contributed by atoms with Crippen LogP contribution in [0.3, 0.4) is 0 Å². The van der Waals surface area contributed by atoms with E-state index in [0.29, 0.717) is 22.9 Å². The summed E-state index contributed by atoms with van der Waals surface area (Å²) in [6.07, 6.45) is 6.25. The standard InChI is InChI=1S/C18H20FN5O/c1-10-15(20)21-9-22-16(10)23-11-7-12-14(13(19)8-11)17(25)24-18(12)5-3-2-4-6-18/h7-9H,2-6H2,1H3,(H,24,25)(H3,20,21,22,23). The van der Waals surface area contributed by atoms with E-state index < -0.39 is 11.4 Å². The van der Waals surface area contributed by atoms with Crippen molar-refractivity contribution in [1.29, 1.82) is 0 Å². The molecule has 2 heterocycles. The summed E-state index contributed by atoms with van der Waals surface area (Å²) in [5.74, 6) is 0.0737. The third kappa shape index (κ3) is 2.50. The van der Waals surface area contributed by atoms with E-state index in [2.05, 4.69) is 20.6 Å². The second-order valence-electron chi connectivity index (χ2n) is 6.84. The first kappa shape index (κ1) is 15.8. The van der Waals surface area contributed by atoms with E-state index in [1.807, 2.05) is 6.07 Å². The van der Waals surface area contributed by atoms with E-state index in [9.17, 15) is 9.18 Å². The van der Waals surface area contributed by atoms with Crippen LogP contribution in [0.2, 0.25) is 0 Å². The first-order chi connectivity index (χ1) is 12.0. The number of carbonyl (C=O) groups is 1. The fourth-order valence-corrected chi connectivity index (χ4v) is 3.91. The molecule has 1 fully saturated rings. The second-order valence-corrected chi connectivity index (χ2v) is 6.84. The molecule has 0 bridgehead atoms. The van der Waals surface area contributed by atoms with Gasteiger partial charge in [0.25, 0.3) is 5.91 Å². The Kier molecular flexibility index (Phi) is 3.59. The molecule has 2 aromatic rings. The zero-order valence-electron chi connectivity index (χ0n) is 14.0. The molecule has 25 heavy (non-hydrogen) atoms. The van der Waals surface area contributed by atoms with Crippen molar-refractivity contribution in [2.75, 3.05) is 11.1 Å². The van der Waals surface area contributed by atoms with Crippen molar-refractivity contribution in [2.24, 2.45) is 0 Å². The average molecular weight is 341 g/mol. The number of nitrogen functional groups attached to an aromatic ring is 1. The Labute approximate surface area is 145 Å². The van der Waals surface area contributed by atoms with Crippen LogP contribution in [0.4, 0.5) is 21.7 Å². The number of benzene rings is 1. The predicted molar refractivity (Wildman–Crippen MR) is 93.1 cm³/mol. The van der Waals surface area contributed by atoms with E-state index in [0.717, 1.165) is 37.7 Å². The van der Waals surface area contributed by atoms with Gasteiger partial charge in [0.05, 0.1) is 11.1 Å². The lowest BCUT2D eigenvalue weighted by Crippen LogP contribution is -2.40. The van der Waals surface area contributed by atoms with Gasteiger partial charge in [0.1, 0.15) is 23.8 Å². The number of rotatable bonds is 2. The van der Waals surface area contributed by atoms with Crippen molar-refractivity contribution in [3.05, 3.63) is 41.0 Å². The summed E-state index contributed by atoms with van der Waals surface area (Å²) >= 11 is 0. The van der Waals surface area contributed by atoms with Crippen molar-refractivity contribution in [2.45, 2.75) is 44.6 Å². The molecule has 1 saturated carbocycles. The van der Waals surface area contributed by atoms with Gasteiger partial charge in [-0.15, -0.1) is 0 Å². The molecule has 1 aromatic carbocycles. The number of hydrogen-bond acceptors (Lipinski definition) is 5. The number of fused-ring (bicyclic) bond motifs is 2. The van der Waals surface area contributed by atoms with Crippen LogP contribution >= 0.6 is 0 Å². The zero-order valence-corrected chi connectivity index (χ0v) is 14.0. The van der Waals surface area contributed by atoms with Crippen LogP contribution in [0.15, 0.2) is 18.5 Å². The zero-order chi connectivity index (χ0) is 17.6. The maximum Gasteiger partial charge on any atom is 0.255 e. The monoisotopic (exact) mass is 341 g/mol. The summed E-state index contributed by atoms with van der Waals surface area (Å²) in [7, 11) is 0. The number of carbonyl (C=O) groups excluding carboxylic acids is 1. The van der Waals surface area contributed by atoms with Gasteiger partial charge in [0.2, 0.25) is 0 Å². The van der Waals surface area contributed by atoms with Crippen molar-refractivity contribution in [1.82, 2.24) is 15.3 Å². The Balaban J connectivity index is 1.77. The van der Waals surface area contributed by atoms with Crippen molar-refractivity contribution in [3.63, 3.8) is 0 Å². The van der Waals surface area contributed by atoms with Gasteiger partial charge in [-0.2, -0.15) is 0 Å². The lowest BCUT2D eigenvalue weighted by molar-refractivity contribution is 0.0907. The summed E-state index contributed by atoms with van der Waals surface area (Å²) in [4.78, 5) is 20.4. The summed E-state index contributed by atoms with van der Waals surface area (Å²) in [5.41, 5.74) is 7.54. The Morgan fingerprint density at radius 3 is 2.76 bits per heavy atom. The highest BCUT2D eigenvalue weighted by atomic mass is 19.1. The number of amides is 1. The highest BCUT2D eigenvalue weighted by molar-refractivity contribution is 6.01. The molecule has 0 unspecified atom stereocenters. The first-order valence-corrected chi connectivity index (χ1v) is 8.51. The smallest absolute Gasteiger partial charge is 0.255 e. The molecule has 1 spiro atoms. The van der Waals surface area contributed by atoms with Crippen LogP contribution in [0.25, 0.3) is 0 Å². The summed E-state index contributed by atoms with van der Waals surface area (Å²) in [6, 6.07) is 3.19. The molecular weight excluding hydrogens is 321 g/mol. The van der Waals surface area contributed by atoms with Gasteiger partial charge in [-0.3, -0.25) is 4.79 Å². The van der Waals surface area contributed by atoms with Gasteiger partial charge >= 0.3 is 0 Å². The van der Waals surface area contributed by atoms with Crippen LogP contribution < -0.4 is 16.4 Å². The fourth-order valence-electron chi connectivity index (χ4n) is 3.91. The van der Waals surface area contributed by atoms with E-state index in [4.69, 9.17) is 5.73 Å². The maximum atomic E-state index is 14.7. The molecule has 0 atom stereocenters. The molecule has 4 N–H and O–H groups in total. The van der Waals surface area contributed by atoms with E-state index >= 15 is 0 Å².